The third kappa shape index (κ3) is 4.45. The van der Waals surface area contributed by atoms with Crippen LogP contribution in [0.15, 0.2) is 23.3 Å². The van der Waals surface area contributed by atoms with E-state index in [1.54, 1.807) is 13.8 Å². The van der Waals surface area contributed by atoms with Gasteiger partial charge in [0, 0.05) is 11.8 Å². The fourth-order valence-corrected chi connectivity index (χ4v) is 2.34. The van der Waals surface area contributed by atoms with Crippen LogP contribution in [0.1, 0.15) is 20.8 Å². The van der Waals surface area contributed by atoms with Crippen LogP contribution in [0.4, 0.5) is 0 Å². The van der Waals surface area contributed by atoms with Crippen molar-refractivity contribution in [3.8, 4) is 0 Å². The van der Waals surface area contributed by atoms with E-state index >= 15 is 0 Å². The van der Waals surface area contributed by atoms with Gasteiger partial charge in [-0.3, -0.25) is 9.59 Å². The van der Waals surface area contributed by atoms with Crippen LogP contribution in [0, 0.1) is 0 Å². The third-order valence-corrected chi connectivity index (χ3v) is 3.18. The highest BCUT2D eigenvalue weighted by Gasteiger charge is 2.47. The lowest BCUT2D eigenvalue weighted by Gasteiger charge is -2.20. The summed E-state index contributed by atoms with van der Waals surface area (Å²) in [7, 11) is -2.28. The Labute approximate surface area is 127 Å². The molecule has 1 aliphatic heterocycles. The molecular formula is C11H16N2O6PS+. The van der Waals surface area contributed by atoms with Crippen LogP contribution in [-0.2, 0) is 23.4 Å². The highest BCUT2D eigenvalue weighted by molar-refractivity contribution is 8.39. The Kier molecular flexibility index (Phi) is 5.77. The molecule has 21 heavy (non-hydrogen) atoms. The maximum absolute atomic E-state index is 11.8. The first-order valence-electron chi connectivity index (χ1n) is 5.82. The van der Waals surface area contributed by atoms with Crippen LogP contribution >= 0.6 is 19.5 Å². The van der Waals surface area contributed by atoms with E-state index in [9.17, 15) is 19.3 Å². The highest BCUT2D eigenvalue weighted by Crippen LogP contribution is 2.42. The standard InChI is InChI=1S/C11H15N2O6PS/c1-6(4-12-5-14)9(16)13-10-7(15)8(19-20(17)21)11(2,3)18-10/h4-5,10H,1-3H3,(H3-,12,13,14,15,16,17,21)/p+1/t10-/m1/s1. The molecular weight excluding hydrogens is 319 g/mol. The molecule has 0 aromatic heterocycles. The summed E-state index contributed by atoms with van der Waals surface area (Å²) >= 11 is 3.61. The predicted molar refractivity (Wildman–Crippen MR) is 77.4 cm³/mol. The van der Waals surface area contributed by atoms with Crippen LogP contribution < -0.4 is 10.6 Å². The molecule has 116 valence electrons. The van der Waals surface area contributed by atoms with E-state index in [2.05, 4.69) is 22.9 Å². The predicted octanol–water partition coefficient (Wildman–Crippen LogP) is 1.26. The van der Waals surface area contributed by atoms with Crippen molar-refractivity contribution in [2.45, 2.75) is 32.6 Å². The molecule has 0 spiro atoms. The molecule has 0 saturated heterocycles. The molecule has 0 bridgehead atoms. The summed E-state index contributed by atoms with van der Waals surface area (Å²) in [5.74, 6) is -1.01. The minimum Gasteiger partial charge on any atom is -0.505 e. The van der Waals surface area contributed by atoms with Gasteiger partial charge >= 0.3 is 7.23 Å². The van der Waals surface area contributed by atoms with Gasteiger partial charge in [-0.1, -0.05) is 0 Å². The summed E-state index contributed by atoms with van der Waals surface area (Å²) in [5, 5.41) is 14.6. The second-order valence-corrected chi connectivity index (χ2v) is 6.28. The lowest BCUT2D eigenvalue weighted by molar-refractivity contribution is -0.123. The number of hydrogen-bond acceptors (Lipinski definition) is 6. The van der Waals surface area contributed by atoms with Gasteiger partial charge in [0.1, 0.15) is 5.60 Å². The quantitative estimate of drug-likeness (QED) is 0.251. The minimum atomic E-state index is -2.28. The topological polar surface area (TPSA) is 114 Å². The highest BCUT2D eigenvalue weighted by atomic mass is 32.7. The van der Waals surface area contributed by atoms with Crippen molar-refractivity contribution in [3.63, 3.8) is 0 Å². The average molecular weight is 335 g/mol. The smallest absolute Gasteiger partial charge is 0.505 e. The van der Waals surface area contributed by atoms with E-state index in [0.29, 0.717) is 6.41 Å². The maximum atomic E-state index is 11.8. The Morgan fingerprint density at radius 2 is 2.19 bits per heavy atom. The van der Waals surface area contributed by atoms with Crippen molar-refractivity contribution in [1.29, 1.82) is 0 Å². The SMILES string of the molecule is C/C(=C/NC=O)C(=O)N[C@@H]1OC(C)(C)C(O[P+](=O)S)=C1O. The van der Waals surface area contributed by atoms with Crippen molar-refractivity contribution in [2.75, 3.05) is 0 Å². The van der Waals surface area contributed by atoms with E-state index < -0.39 is 25.0 Å². The molecule has 1 heterocycles. The summed E-state index contributed by atoms with van der Waals surface area (Å²) in [4.78, 5) is 22.0. The Hall–Kier alpha value is -1.57. The van der Waals surface area contributed by atoms with E-state index in [-0.39, 0.29) is 17.1 Å². The van der Waals surface area contributed by atoms with Crippen molar-refractivity contribution in [2.24, 2.45) is 0 Å². The Balaban J connectivity index is 2.86. The molecule has 0 saturated carbocycles. The lowest BCUT2D eigenvalue weighted by Crippen LogP contribution is -2.39. The zero-order valence-corrected chi connectivity index (χ0v) is 13.4. The fourth-order valence-electron chi connectivity index (χ4n) is 1.62. The number of ether oxygens (including phenoxy) is 1. The van der Waals surface area contributed by atoms with Gasteiger partial charge in [-0.2, -0.15) is 0 Å². The van der Waals surface area contributed by atoms with E-state index in [1.807, 2.05) is 0 Å². The Bertz CT molecular complexity index is 531. The molecule has 8 nitrogen and oxygen atoms in total. The number of nitrogens with one attached hydrogen (secondary N) is 2. The number of hydrogen-bond donors (Lipinski definition) is 4. The van der Waals surface area contributed by atoms with Gasteiger partial charge in [-0.05, 0) is 25.3 Å². The van der Waals surface area contributed by atoms with Gasteiger partial charge < -0.3 is 20.5 Å². The van der Waals surface area contributed by atoms with Gasteiger partial charge in [0.05, 0.1) is 0 Å². The molecule has 2 atom stereocenters. The van der Waals surface area contributed by atoms with Crippen LogP contribution in [0.3, 0.4) is 0 Å². The summed E-state index contributed by atoms with van der Waals surface area (Å²) in [6.45, 7) is 4.62. The number of carbonyl (C=O) groups excluding carboxylic acids is 2. The Morgan fingerprint density at radius 3 is 2.71 bits per heavy atom. The first-order chi connectivity index (χ1) is 9.69. The summed E-state index contributed by atoms with van der Waals surface area (Å²) < 4.78 is 21.4. The normalized spacial score (nSPS) is 21.8. The number of amides is 2. The number of thiol groups is 1. The van der Waals surface area contributed by atoms with E-state index in [1.165, 1.54) is 13.1 Å². The van der Waals surface area contributed by atoms with Gasteiger partial charge in [0.15, 0.2) is 24.2 Å². The summed E-state index contributed by atoms with van der Waals surface area (Å²) in [6, 6.07) is 0. The van der Waals surface area contributed by atoms with E-state index in [0.717, 1.165) is 0 Å². The van der Waals surface area contributed by atoms with Crippen LogP contribution in [0.25, 0.3) is 0 Å². The molecule has 2 amide bonds. The van der Waals surface area contributed by atoms with Crippen LogP contribution in [0.2, 0.25) is 0 Å². The number of carbonyl (C=O) groups is 2. The maximum Gasteiger partial charge on any atom is 0.631 e. The van der Waals surface area contributed by atoms with Crippen molar-refractivity contribution in [1.82, 2.24) is 10.6 Å². The Morgan fingerprint density at radius 1 is 1.57 bits per heavy atom. The molecule has 10 heteroatoms. The summed E-state index contributed by atoms with van der Waals surface area (Å²) in [6.07, 6.45) is 0.467. The molecule has 3 N–H and O–H groups in total. The number of aliphatic hydroxyl groups excluding tert-OH is 1. The lowest BCUT2D eigenvalue weighted by atomic mass is 10.1. The molecule has 1 aliphatic rings. The van der Waals surface area contributed by atoms with Crippen LogP contribution in [-0.4, -0.2) is 29.3 Å². The number of aliphatic hydroxyl groups is 1. The van der Waals surface area contributed by atoms with Crippen molar-refractivity contribution >= 4 is 31.8 Å². The average Bonchev–Trinajstić information content (AvgIpc) is 2.58. The van der Waals surface area contributed by atoms with Gasteiger partial charge in [0.25, 0.3) is 5.91 Å². The number of rotatable bonds is 6. The zero-order chi connectivity index (χ0) is 16.2. The third-order valence-electron chi connectivity index (χ3n) is 2.60. The van der Waals surface area contributed by atoms with E-state index in [4.69, 9.17) is 9.26 Å². The molecule has 0 aromatic rings. The molecule has 0 aromatic carbocycles. The van der Waals surface area contributed by atoms with Crippen molar-refractivity contribution in [3.05, 3.63) is 23.3 Å². The monoisotopic (exact) mass is 335 g/mol. The van der Waals surface area contributed by atoms with Gasteiger partial charge in [-0.25, -0.2) is 4.52 Å². The molecule has 1 rings (SSSR count). The van der Waals surface area contributed by atoms with Gasteiger partial charge in [-0.15, -0.1) is 0 Å². The zero-order valence-electron chi connectivity index (χ0n) is 11.6. The van der Waals surface area contributed by atoms with Crippen molar-refractivity contribution < 1.29 is 28.5 Å². The molecule has 0 fully saturated rings. The summed E-state index contributed by atoms with van der Waals surface area (Å²) in [5.41, 5.74) is -0.875. The van der Waals surface area contributed by atoms with Crippen LogP contribution in [0.5, 0.6) is 0 Å². The molecule has 1 unspecified atom stereocenters. The second kappa shape index (κ2) is 6.93. The molecule has 0 radical (unpaired) electrons. The first-order valence-corrected chi connectivity index (χ1v) is 8.15. The van der Waals surface area contributed by atoms with Gasteiger partial charge in [0.2, 0.25) is 12.2 Å². The largest absolute Gasteiger partial charge is 0.631 e. The minimum absolute atomic E-state index is 0.0587. The molecule has 0 aliphatic carbocycles. The first kappa shape index (κ1) is 17.5. The fraction of sp³-hybridized carbons (Fsp3) is 0.455. The second-order valence-electron chi connectivity index (χ2n) is 4.64.